The molecule has 0 N–H and O–H groups in total. The molecule has 2 aliphatic heterocycles. The average molecular weight is 364 g/mol. The molecule has 3 fully saturated rings. The van der Waals surface area contributed by atoms with Crippen molar-refractivity contribution >= 4 is 0 Å². The van der Waals surface area contributed by atoms with Crippen LogP contribution in [0.5, 0.6) is 0 Å². The largest absolute Gasteiger partial charge is 0 e. The molecule has 4 unspecified atom stereocenters. The van der Waals surface area contributed by atoms with Crippen LogP contribution in [0.3, 0.4) is 0 Å². The van der Waals surface area contributed by atoms with Gasteiger partial charge in [0.25, 0.3) is 0 Å². The quantitative estimate of drug-likeness (QED) is 0.607. The molecule has 4 atom stereocenters. The smallest absolute Gasteiger partial charge is 0 e. The Bertz CT molecular complexity index is 201. The first-order chi connectivity index (χ1) is 7.45. The predicted molar refractivity (Wildman–Crippen MR) is 67.6 cm³/mol. The molecule has 3 nitrogen and oxygen atoms in total. The van der Waals surface area contributed by atoms with E-state index in [1.807, 2.05) is 0 Å². The summed E-state index contributed by atoms with van der Waals surface area (Å²) < 4.78 is 8.19. The van der Waals surface area contributed by atoms with Gasteiger partial charge >= 0.3 is 21.0 Å². The van der Waals surface area contributed by atoms with E-state index in [4.69, 9.17) is 14.3 Å². The Morgan fingerprint density at radius 1 is 0.833 bits per heavy atom. The number of hydrogen-bond donors (Lipinski definition) is 0. The Labute approximate surface area is 147 Å². The molecule has 0 aromatic carbocycles. The van der Waals surface area contributed by atoms with E-state index in [0.29, 0.717) is 12.1 Å². The minimum atomic E-state index is 0. The summed E-state index contributed by atoms with van der Waals surface area (Å²) in [6, 6.07) is 1.28. The van der Waals surface area contributed by atoms with E-state index in [-0.39, 0.29) is 47.6 Å². The van der Waals surface area contributed by atoms with Gasteiger partial charge in [-0.3, -0.25) is 0 Å². The van der Waals surface area contributed by atoms with Crippen molar-refractivity contribution in [3.8, 4) is 0 Å². The number of hydrogen-bond acceptors (Lipinski definition) is 1. The molecule has 0 aromatic rings. The van der Waals surface area contributed by atoms with Gasteiger partial charge in [0.1, 0.15) is 0 Å². The third-order valence-electron chi connectivity index (χ3n) is 4.07. The van der Waals surface area contributed by atoms with Crippen molar-refractivity contribution in [3.63, 3.8) is 0 Å². The first-order valence-electron chi connectivity index (χ1n) is 5.96. The van der Waals surface area contributed by atoms with E-state index in [2.05, 4.69) is 0 Å². The Balaban J connectivity index is 0. The first kappa shape index (κ1) is 21.7. The van der Waals surface area contributed by atoms with Crippen LogP contribution in [-0.2, 0) is 53.8 Å². The standard InChI is InChI=1S/C11H18N2.2CH3.O.V.Y/c1-3-8-7-9-4-2-6-13-11(9)10(8)12-5-1;;;;;/h8-11H,1-7H2;2*1H3;;;/q-2;2*-1;;;. The van der Waals surface area contributed by atoms with Gasteiger partial charge in [-0.2, -0.15) is 0 Å². The fourth-order valence-corrected chi connectivity index (χ4v) is 3.50. The van der Waals surface area contributed by atoms with Crippen LogP contribution in [0, 0.1) is 26.7 Å². The van der Waals surface area contributed by atoms with E-state index in [9.17, 15) is 0 Å². The van der Waals surface area contributed by atoms with E-state index < -0.39 is 0 Å². The van der Waals surface area contributed by atoms with Crippen LogP contribution < -0.4 is 0 Å². The van der Waals surface area contributed by atoms with Crippen LogP contribution in [0.25, 0.3) is 10.6 Å². The summed E-state index contributed by atoms with van der Waals surface area (Å²) in [5.74, 6) is 1.82. The molecule has 0 aromatic heterocycles. The van der Waals surface area contributed by atoms with Crippen molar-refractivity contribution in [1.29, 1.82) is 0 Å². The summed E-state index contributed by atoms with van der Waals surface area (Å²) in [7, 11) is 0. The van der Waals surface area contributed by atoms with Crippen LogP contribution in [0.15, 0.2) is 0 Å². The third kappa shape index (κ3) is 4.75. The molecule has 0 spiro atoms. The van der Waals surface area contributed by atoms with Crippen molar-refractivity contribution in [2.45, 2.75) is 44.2 Å². The molecule has 2 saturated heterocycles. The SMILES string of the molecule is C1C[N-]C2C(C1)CC1CCC[N-]C12.[CH3-].[CH3-].[O]=[V].[Y]. The Kier molecular flexibility index (Phi) is 13.4. The molecular weight excluding hydrogens is 340 g/mol. The van der Waals surface area contributed by atoms with Gasteiger partial charge in [-0.25, -0.2) is 0 Å². The summed E-state index contributed by atoms with van der Waals surface area (Å²) in [6.07, 6.45) is 6.96. The molecule has 0 bridgehead atoms. The molecule has 2 heterocycles. The molecule has 104 valence electrons. The number of rotatable bonds is 0. The summed E-state index contributed by atoms with van der Waals surface area (Å²) >= 11 is 1.06. The second-order valence-electron chi connectivity index (χ2n) is 4.83. The van der Waals surface area contributed by atoms with Crippen molar-refractivity contribution in [3.05, 3.63) is 25.5 Å². The topological polar surface area (TPSA) is 45.3 Å². The van der Waals surface area contributed by atoms with Crippen molar-refractivity contribution in [1.82, 2.24) is 0 Å². The van der Waals surface area contributed by atoms with Gasteiger partial charge in [0.05, 0.1) is 0 Å². The zero-order valence-electron chi connectivity index (χ0n) is 11.6. The molecule has 1 aliphatic carbocycles. The molecule has 1 radical (unpaired) electrons. The predicted octanol–water partition coefficient (Wildman–Crippen LogP) is 3.47. The van der Waals surface area contributed by atoms with Crippen LogP contribution in [0.2, 0.25) is 0 Å². The Hall–Kier alpha value is 1.41. The summed E-state index contributed by atoms with van der Waals surface area (Å²) in [4.78, 5) is 0. The van der Waals surface area contributed by atoms with E-state index in [1.165, 1.54) is 32.1 Å². The Morgan fingerprint density at radius 2 is 1.22 bits per heavy atom. The third-order valence-corrected chi connectivity index (χ3v) is 4.07. The number of fused-ring (bicyclic) bond motifs is 3. The molecular formula is C13H24N2OVY-4. The molecule has 18 heavy (non-hydrogen) atoms. The first-order valence-corrected chi connectivity index (χ1v) is 6.53. The fraction of sp³-hybridized carbons (Fsp3) is 0.846. The van der Waals surface area contributed by atoms with Crippen molar-refractivity contribution < 1.29 is 53.8 Å². The minimum Gasteiger partial charge on any atom is 0 e. The monoisotopic (exact) mass is 364 g/mol. The zero-order valence-corrected chi connectivity index (χ0v) is 15.8. The van der Waals surface area contributed by atoms with Crippen LogP contribution in [0.4, 0.5) is 0 Å². The summed E-state index contributed by atoms with van der Waals surface area (Å²) in [5, 5.41) is 9.56. The molecule has 3 aliphatic rings. The van der Waals surface area contributed by atoms with Crippen LogP contribution in [-0.4, -0.2) is 25.2 Å². The van der Waals surface area contributed by atoms with Crippen LogP contribution >= 0.6 is 0 Å². The average Bonchev–Trinajstić information content (AvgIpc) is 2.70. The second-order valence-corrected chi connectivity index (χ2v) is 4.83. The minimum absolute atomic E-state index is 0. The fourth-order valence-electron chi connectivity index (χ4n) is 3.50. The van der Waals surface area contributed by atoms with Gasteiger partial charge in [-0.15, -0.1) is 25.2 Å². The summed E-state index contributed by atoms with van der Waals surface area (Å²) in [6.45, 7) is 2.22. The van der Waals surface area contributed by atoms with Crippen LogP contribution in [0.1, 0.15) is 32.1 Å². The van der Waals surface area contributed by atoms with E-state index in [0.717, 1.165) is 42.3 Å². The van der Waals surface area contributed by atoms with Gasteiger partial charge in [0.2, 0.25) is 0 Å². The molecule has 0 amide bonds. The zero-order chi connectivity index (χ0) is 10.7. The van der Waals surface area contributed by atoms with E-state index >= 15 is 0 Å². The second kappa shape index (κ2) is 11.1. The van der Waals surface area contributed by atoms with Crippen molar-refractivity contribution in [2.24, 2.45) is 11.8 Å². The van der Waals surface area contributed by atoms with Gasteiger partial charge in [-0.1, -0.05) is 43.9 Å². The maximum Gasteiger partial charge on any atom is 0 e. The van der Waals surface area contributed by atoms with E-state index in [1.54, 1.807) is 0 Å². The number of nitrogens with zero attached hydrogens (tertiary/aromatic N) is 2. The Morgan fingerprint density at radius 3 is 1.61 bits per heavy atom. The van der Waals surface area contributed by atoms with Gasteiger partial charge in [-0.05, 0) is 0 Å². The number of piperidine rings is 2. The summed E-state index contributed by atoms with van der Waals surface area (Å²) in [5.41, 5.74) is 0. The molecule has 5 heteroatoms. The normalized spacial score (nSPS) is 36.2. The molecule has 1 saturated carbocycles. The maximum absolute atomic E-state index is 8.19. The maximum atomic E-state index is 8.19. The molecule has 3 rings (SSSR count). The van der Waals surface area contributed by atoms with Gasteiger partial charge in [0, 0.05) is 32.7 Å². The van der Waals surface area contributed by atoms with Crippen molar-refractivity contribution in [2.75, 3.05) is 13.1 Å². The van der Waals surface area contributed by atoms with Gasteiger partial charge < -0.3 is 25.5 Å². The van der Waals surface area contributed by atoms with Gasteiger partial charge in [0.15, 0.2) is 0 Å².